The van der Waals surface area contributed by atoms with Crippen LogP contribution >= 0.6 is 0 Å². The lowest BCUT2D eigenvalue weighted by molar-refractivity contribution is -0.137. The van der Waals surface area contributed by atoms with Gasteiger partial charge in [0.2, 0.25) is 11.8 Å². The van der Waals surface area contributed by atoms with Crippen LogP contribution in [0.2, 0.25) is 0 Å². The second-order valence-corrected chi connectivity index (χ2v) is 5.70. The lowest BCUT2D eigenvalue weighted by Gasteiger charge is -2.22. The zero-order chi connectivity index (χ0) is 16.1. The highest BCUT2D eigenvalue weighted by molar-refractivity contribution is 5.78. The van der Waals surface area contributed by atoms with Gasteiger partial charge in [0.05, 0.1) is 12.6 Å². The Kier molecular flexibility index (Phi) is 5.02. The monoisotopic (exact) mass is 315 g/mol. The van der Waals surface area contributed by atoms with Crippen LogP contribution in [0.3, 0.4) is 0 Å². The van der Waals surface area contributed by atoms with Crippen molar-refractivity contribution in [2.45, 2.75) is 32.2 Å². The average Bonchev–Trinajstić information content (AvgIpc) is 3.21. The van der Waals surface area contributed by atoms with Crippen LogP contribution in [0.15, 0.2) is 34.9 Å². The van der Waals surface area contributed by atoms with E-state index in [0.717, 1.165) is 25.8 Å². The molecule has 0 unspecified atom stereocenters. The van der Waals surface area contributed by atoms with Crippen molar-refractivity contribution >= 4 is 5.91 Å². The number of carbonyl (C=O) groups excluding carboxylic acids is 1. The molecule has 0 radical (unpaired) electrons. The van der Waals surface area contributed by atoms with Crippen LogP contribution in [-0.2, 0) is 16.0 Å². The number of nitrogens with zero attached hydrogens (tertiary/aromatic N) is 3. The molecule has 0 aliphatic carbocycles. The summed E-state index contributed by atoms with van der Waals surface area (Å²) in [6.45, 7) is 3.11. The van der Waals surface area contributed by atoms with Gasteiger partial charge in [0.1, 0.15) is 6.61 Å². The van der Waals surface area contributed by atoms with Crippen LogP contribution in [0.1, 0.15) is 36.2 Å². The van der Waals surface area contributed by atoms with E-state index in [0.29, 0.717) is 18.3 Å². The van der Waals surface area contributed by atoms with Crippen LogP contribution in [0, 0.1) is 6.92 Å². The first-order valence-corrected chi connectivity index (χ1v) is 7.95. The molecule has 1 aliphatic rings. The van der Waals surface area contributed by atoms with Crippen LogP contribution < -0.4 is 0 Å². The third-order valence-corrected chi connectivity index (χ3v) is 4.02. The van der Waals surface area contributed by atoms with Gasteiger partial charge in [0.15, 0.2) is 5.82 Å². The Balaban J connectivity index is 1.47. The number of ether oxygens (including phenoxy) is 1. The molecule has 3 rings (SSSR count). The molecule has 1 amide bonds. The van der Waals surface area contributed by atoms with Gasteiger partial charge >= 0.3 is 0 Å². The fourth-order valence-electron chi connectivity index (χ4n) is 2.86. The topological polar surface area (TPSA) is 68.5 Å². The highest BCUT2D eigenvalue weighted by Crippen LogP contribution is 2.30. The number of hydrogen-bond donors (Lipinski definition) is 0. The third-order valence-electron chi connectivity index (χ3n) is 4.02. The molecule has 0 N–H and O–H groups in total. The van der Waals surface area contributed by atoms with Crippen molar-refractivity contribution in [3.05, 3.63) is 47.6 Å². The predicted molar refractivity (Wildman–Crippen MR) is 83.7 cm³/mol. The van der Waals surface area contributed by atoms with Gasteiger partial charge in [-0.2, -0.15) is 4.98 Å². The highest BCUT2D eigenvalue weighted by atomic mass is 16.5. The van der Waals surface area contributed by atoms with Crippen molar-refractivity contribution < 1.29 is 14.1 Å². The first-order valence-electron chi connectivity index (χ1n) is 7.95. The molecule has 1 aromatic carbocycles. The summed E-state index contributed by atoms with van der Waals surface area (Å²) in [7, 11) is 0. The summed E-state index contributed by atoms with van der Waals surface area (Å²) < 4.78 is 10.6. The summed E-state index contributed by atoms with van der Waals surface area (Å²) in [5, 5.41) is 3.95. The summed E-state index contributed by atoms with van der Waals surface area (Å²) in [5.74, 6) is 1.11. The number of aromatic nitrogens is 2. The highest BCUT2D eigenvalue weighted by Gasteiger charge is 2.32. The van der Waals surface area contributed by atoms with Crippen molar-refractivity contribution in [1.29, 1.82) is 0 Å². The van der Waals surface area contributed by atoms with E-state index >= 15 is 0 Å². The number of aryl methyl sites for hydroxylation is 1. The zero-order valence-corrected chi connectivity index (χ0v) is 13.3. The maximum absolute atomic E-state index is 12.4. The molecular weight excluding hydrogens is 294 g/mol. The van der Waals surface area contributed by atoms with Crippen molar-refractivity contribution in [1.82, 2.24) is 15.0 Å². The SMILES string of the molecule is Cc1nc([C@H]2CCCN2C(=O)COCCc2ccccc2)no1. The first-order chi connectivity index (χ1) is 11.2. The molecule has 1 saturated heterocycles. The second-order valence-electron chi connectivity index (χ2n) is 5.70. The molecule has 1 aliphatic heterocycles. The van der Waals surface area contributed by atoms with E-state index in [4.69, 9.17) is 9.26 Å². The molecule has 0 saturated carbocycles. The van der Waals surface area contributed by atoms with Gasteiger partial charge in [0.25, 0.3) is 0 Å². The van der Waals surface area contributed by atoms with E-state index < -0.39 is 0 Å². The number of hydrogen-bond acceptors (Lipinski definition) is 5. The Hall–Kier alpha value is -2.21. The number of likely N-dealkylation sites (tertiary alicyclic amines) is 1. The largest absolute Gasteiger partial charge is 0.371 e. The molecular formula is C17H21N3O3. The Morgan fingerprint density at radius 1 is 1.39 bits per heavy atom. The third kappa shape index (κ3) is 3.96. The molecule has 0 bridgehead atoms. The summed E-state index contributed by atoms with van der Waals surface area (Å²) in [4.78, 5) is 18.4. The number of amides is 1. The lowest BCUT2D eigenvalue weighted by atomic mass is 10.2. The molecule has 23 heavy (non-hydrogen) atoms. The van der Waals surface area contributed by atoms with E-state index in [2.05, 4.69) is 22.3 Å². The minimum absolute atomic E-state index is 0.0111. The maximum Gasteiger partial charge on any atom is 0.249 e. The molecule has 122 valence electrons. The van der Waals surface area contributed by atoms with Crippen molar-refractivity contribution in [3.63, 3.8) is 0 Å². The minimum atomic E-state index is -0.0855. The van der Waals surface area contributed by atoms with Gasteiger partial charge < -0.3 is 14.2 Å². The fraction of sp³-hybridized carbons (Fsp3) is 0.471. The number of carbonyl (C=O) groups is 1. The molecule has 6 heteroatoms. The molecule has 2 heterocycles. The normalized spacial score (nSPS) is 17.6. The van der Waals surface area contributed by atoms with E-state index in [1.165, 1.54) is 5.56 Å². The van der Waals surface area contributed by atoms with Crippen LogP contribution in [0.5, 0.6) is 0 Å². The van der Waals surface area contributed by atoms with E-state index in [-0.39, 0.29) is 18.6 Å². The van der Waals surface area contributed by atoms with E-state index in [1.54, 1.807) is 11.8 Å². The summed E-state index contributed by atoms with van der Waals surface area (Å²) in [6.07, 6.45) is 2.63. The maximum atomic E-state index is 12.4. The summed E-state index contributed by atoms with van der Waals surface area (Å²) in [6, 6.07) is 10.0. The van der Waals surface area contributed by atoms with Crippen molar-refractivity contribution in [3.8, 4) is 0 Å². The predicted octanol–water partition coefficient (Wildman–Crippen LogP) is 2.30. The van der Waals surface area contributed by atoms with Gasteiger partial charge in [-0.3, -0.25) is 4.79 Å². The second kappa shape index (κ2) is 7.37. The number of rotatable bonds is 6. The van der Waals surface area contributed by atoms with E-state index in [1.807, 2.05) is 18.2 Å². The molecule has 6 nitrogen and oxygen atoms in total. The van der Waals surface area contributed by atoms with Gasteiger partial charge in [-0.15, -0.1) is 0 Å². The smallest absolute Gasteiger partial charge is 0.249 e. The minimum Gasteiger partial charge on any atom is -0.371 e. The lowest BCUT2D eigenvalue weighted by Crippen LogP contribution is -2.34. The Morgan fingerprint density at radius 2 is 2.22 bits per heavy atom. The van der Waals surface area contributed by atoms with Crippen LogP contribution in [0.4, 0.5) is 0 Å². The molecule has 1 aromatic heterocycles. The van der Waals surface area contributed by atoms with Gasteiger partial charge in [-0.05, 0) is 24.8 Å². The summed E-state index contributed by atoms with van der Waals surface area (Å²) in [5.41, 5.74) is 1.21. The number of benzene rings is 1. The Labute approximate surface area is 135 Å². The first kappa shape index (κ1) is 15.7. The Morgan fingerprint density at radius 3 is 2.96 bits per heavy atom. The van der Waals surface area contributed by atoms with Crippen LogP contribution in [-0.4, -0.2) is 40.7 Å². The van der Waals surface area contributed by atoms with Gasteiger partial charge in [0, 0.05) is 13.5 Å². The molecule has 1 atom stereocenters. The van der Waals surface area contributed by atoms with Crippen LogP contribution in [0.25, 0.3) is 0 Å². The zero-order valence-electron chi connectivity index (χ0n) is 13.3. The molecule has 2 aromatic rings. The molecule has 0 spiro atoms. The quantitative estimate of drug-likeness (QED) is 0.765. The fourth-order valence-corrected chi connectivity index (χ4v) is 2.86. The van der Waals surface area contributed by atoms with Crippen molar-refractivity contribution in [2.24, 2.45) is 0 Å². The average molecular weight is 315 g/mol. The summed E-state index contributed by atoms with van der Waals surface area (Å²) >= 11 is 0. The Bertz CT molecular complexity index is 642. The van der Waals surface area contributed by atoms with Crippen molar-refractivity contribution in [2.75, 3.05) is 19.8 Å². The van der Waals surface area contributed by atoms with Gasteiger partial charge in [-0.25, -0.2) is 0 Å². The molecule has 1 fully saturated rings. The van der Waals surface area contributed by atoms with Gasteiger partial charge in [-0.1, -0.05) is 35.5 Å². The van der Waals surface area contributed by atoms with E-state index in [9.17, 15) is 4.79 Å². The standard InChI is InChI=1S/C17H21N3O3/c1-13-18-17(19-23-13)15-8-5-10-20(15)16(21)12-22-11-9-14-6-3-2-4-7-14/h2-4,6-7,15H,5,8-12H2,1H3/t15-/m1/s1.